The van der Waals surface area contributed by atoms with Gasteiger partial charge in [-0.1, -0.05) is 36.4 Å². The predicted octanol–water partition coefficient (Wildman–Crippen LogP) is 2.92. The molecular formula is C19H24ClNO3. The number of aliphatic hydroxyl groups excluding tert-OH is 1. The average molecular weight is 350 g/mol. The maximum atomic E-state index is 10.3. The van der Waals surface area contributed by atoms with Crippen LogP contribution in [-0.2, 0) is 13.0 Å². The molecule has 0 radical (unpaired) electrons. The lowest BCUT2D eigenvalue weighted by atomic mass is 10.00. The number of fused-ring (bicyclic) bond motifs is 1. The van der Waals surface area contributed by atoms with Crippen molar-refractivity contribution in [3.8, 4) is 11.5 Å². The molecule has 2 aromatic carbocycles. The summed E-state index contributed by atoms with van der Waals surface area (Å²) in [6.07, 6.45) is 0.515. The minimum absolute atomic E-state index is 0. The normalized spacial score (nSPS) is 15.1. The molecule has 2 aromatic rings. The van der Waals surface area contributed by atoms with Gasteiger partial charge in [0.2, 0.25) is 0 Å². The van der Waals surface area contributed by atoms with Gasteiger partial charge in [0.15, 0.2) is 11.5 Å². The van der Waals surface area contributed by atoms with Crippen LogP contribution in [-0.4, -0.2) is 42.9 Å². The Bertz CT molecular complexity index is 650. The van der Waals surface area contributed by atoms with Crippen molar-refractivity contribution in [2.45, 2.75) is 19.1 Å². The molecule has 1 aliphatic heterocycles. The van der Waals surface area contributed by atoms with E-state index in [4.69, 9.17) is 9.47 Å². The first-order valence-corrected chi connectivity index (χ1v) is 7.99. The summed E-state index contributed by atoms with van der Waals surface area (Å²) in [6, 6.07) is 16.0. The van der Waals surface area contributed by atoms with E-state index >= 15 is 0 Å². The number of hydrogen-bond donors (Lipinski definition) is 1. The number of hydrogen-bond acceptors (Lipinski definition) is 4. The van der Waals surface area contributed by atoms with Crippen molar-refractivity contribution in [3.63, 3.8) is 0 Å². The molecular weight excluding hydrogens is 326 g/mol. The first kappa shape index (κ1) is 18.6. The maximum Gasteiger partial charge on any atom is 0.161 e. The van der Waals surface area contributed by atoms with Crippen molar-refractivity contribution in [2.24, 2.45) is 0 Å². The number of aliphatic hydroxyl groups is 1. The van der Waals surface area contributed by atoms with Crippen molar-refractivity contribution in [1.29, 1.82) is 0 Å². The van der Waals surface area contributed by atoms with Crippen LogP contribution in [0.1, 0.15) is 11.1 Å². The first-order chi connectivity index (χ1) is 11.3. The van der Waals surface area contributed by atoms with Crippen LogP contribution in [0.4, 0.5) is 0 Å². The summed E-state index contributed by atoms with van der Waals surface area (Å²) in [7, 11) is 1.61. The van der Waals surface area contributed by atoms with Crippen LogP contribution >= 0.6 is 12.4 Å². The highest BCUT2D eigenvalue weighted by Gasteiger charge is 2.19. The molecule has 0 saturated heterocycles. The minimum atomic E-state index is -0.523. The predicted molar refractivity (Wildman–Crippen MR) is 97.2 cm³/mol. The molecule has 0 aliphatic carbocycles. The number of para-hydroxylation sites is 2. The third-order valence-electron chi connectivity index (χ3n) is 4.18. The van der Waals surface area contributed by atoms with E-state index in [0.717, 1.165) is 19.5 Å². The van der Waals surface area contributed by atoms with E-state index in [1.165, 1.54) is 11.1 Å². The average Bonchev–Trinajstić information content (AvgIpc) is 2.60. The highest BCUT2D eigenvalue weighted by Crippen LogP contribution is 2.26. The number of rotatable bonds is 6. The number of halogens is 1. The molecule has 5 heteroatoms. The fourth-order valence-corrected chi connectivity index (χ4v) is 2.98. The van der Waals surface area contributed by atoms with Crippen LogP contribution in [0.5, 0.6) is 11.5 Å². The number of benzene rings is 2. The SMILES string of the molecule is COc1ccccc1OCC(O)CN1CCc2ccccc2C1.Cl. The molecule has 0 fully saturated rings. The lowest BCUT2D eigenvalue weighted by Gasteiger charge is -2.30. The largest absolute Gasteiger partial charge is 0.493 e. The van der Waals surface area contributed by atoms with Gasteiger partial charge >= 0.3 is 0 Å². The highest BCUT2D eigenvalue weighted by atomic mass is 35.5. The third-order valence-corrected chi connectivity index (χ3v) is 4.18. The summed E-state index contributed by atoms with van der Waals surface area (Å²) in [5.41, 5.74) is 2.78. The van der Waals surface area contributed by atoms with E-state index in [1.807, 2.05) is 24.3 Å². The molecule has 1 unspecified atom stereocenters. The van der Waals surface area contributed by atoms with Crippen molar-refractivity contribution in [1.82, 2.24) is 4.90 Å². The summed E-state index contributed by atoms with van der Waals surface area (Å²) in [4.78, 5) is 2.28. The molecule has 130 valence electrons. The van der Waals surface area contributed by atoms with Gasteiger partial charge in [-0.25, -0.2) is 0 Å². The van der Waals surface area contributed by atoms with Crippen LogP contribution in [0.15, 0.2) is 48.5 Å². The summed E-state index contributed by atoms with van der Waals surface area (Å²) in [5, 5.41) is 10.3. The Morgan fingerprint density at radius 1 is 1.04 bits per heavy atom. The van der Waals surface area contributed by atoms with E-state index in [1.54, 1.807) is 7.11 Å². The molecule has 0 bridgehead atoms. The van der Waals surface area contributed by atoms with E-state index in [0.29, 0.717) is 18.0 Å². The standard InChI is InChI=1S/C19H23NO3.ClH/c1-22-18-8-4-5-9-19(18)23-14-17(21)13-20-11-10-15-6-2-3-7-16(15)12-20;/h2-9,17,21H,10-14H2,1H3;1H. The number of nitrogens with zero attached hydrogens (tertiary/aromatic N) is 1. The van der Waals surface area contributed by atoms with E-state index in [9.17, 15) is 5.11 Å². The van der Waals surface area contributed by atoms with Crippen LogP contribution in [0.25, 0.3) is 0 Å². The van der Waals surface area contributed by atoms with Crippen molar-refractivity contribution >= 4 is 12.4 Å². The monoisotopic (exact) mass is 349 g/mol. The molecule has 4 nitrogen and oxygen atoms in total. The van der Waals surface area contributed by atoms with E-state index in [2.05, 4.69) is 29.2 Å². The van der Waals surface area contributed by atoms with E-state index in [-0.39, 0.29) is 19.0 Å². The quantitative estimate of drug-likeness (QED) is 0.870. The lowest BCUT2D eigenvalue weighted by Crippen LogP contribution is -2.38. The van der Waals surface area contributed by atoms with Gasteiger partial charge in [-0.15, -0.1) is 12.4 Å². The van der Waals surface area contributed by atoms with Crippen molar-refractivity contribution in [3.05, 3.63) is 59.7 Å². The fourth-order valence-electron chi connectivity index (χ4n) is 2.98. The Hall–Kier alpha value is -1.75. The molecule has 0 saturated carbocycles. The molecule has 0 spiro atoms. The molecule has 1 N–H and O–H groups in total. The molecule has 0 aromatic heterocycles. The van der Waals surface area contributed by atoms with E-state index < -0.39 is 6.10 Å². The Labute approximate surface area is 149 Å². The summed E-state index contributed by atoms with van der Waals surface area (Å²) < 4.78 is 10.9. The lowest BCUT2D eigenvalue weighted by molar-refractivity contribution is 0.0628. The zero-order valence-corrected chi connectivity index (χ0v) is 14.7. The summed E-state index contributed by atoms with van der Waals surface area (Å²) in [6.45, 7) is 2.74. The van der Waals surface area contributed by atoms with Gasteiger partial charge in [0, 0.05) is 19.6 Å². The number of methoxy groups -OCH3 is 1. The minimum Gasteiger partial charge on any atom is -0.493 e. The third kappa shape index (κ3) is 4.63. The van der Waals surface area contributed by atoms with Crippen LogP contribution in [0.3, 0.4) is 0 Å². The second-order valence-electron chi connectivity index (χ2n) is 5.87. The Balaban J connectivity index is 0.00000208. The van der Waals surface area contributed by atoms with Gasteiger partial charge in [-0.2, -0.15) is 0 Å². The van der Waals surface area contributed by atoms with Crippen LogP contribution in [0, 0.1) is 0 Å². The van der Waals surface area contributed by atoms with Crippen molar-refractivity contribution in [2.75, 3.05) is 26.8 Å². The Morgan fingerprint density at radius 2 is 1.71 bits per heavy atom. The second kappa shape index (κ2) is 8.92. The molecule has 1 atom stereocenters. The highest BCUT2D eigenvalue weighted by molar-refractivity contribution is 5.85. The smallest absolute Gasteiger partial charge is 0.161 e. The van der Waals surface area contributed by atoms with Gasteiger partial charge in [-0.3, -0.25) is 4.90 Å². The first-order valence-electron chi connectivity index (χ1n) is 7.99. The molecule has 1 aliphatic rings. The summed E-state index contributed by atoms with van der Waals surface area (Å²) >= 11 is 0. The van der Waals surface area contributed by atoms with Crippen LogP contribution < -0.4 is 9.47 Å². The van der Waals surface area contributed by atoms with Crippen LogP contribution in [0.2, 0.25) is 0 Å². The molecule has 3 rings (SSSR count). The molecule has 24 heavy (non-hydrogen) atoms. The Kier molecular flexibility index (Phi) is 6.91. The zero-order chi connectivity index (χ0) is 16.1. The van der Waals surface area contributed by atoms with Gasteiger partial charge in [0.05, 0.1) is 7.11 Å². The fraction of sp³-hybridized carbons (Fsp3) is 0.368. The van der Waals surface area contributed by atoms with Gasteiger partial charge in [0.1, 0.15) is 12.7 Å². The maximum absolute atomic E-state index is 10.3. The molecule has 0 amide bonds. The summed E-state index contributed by atoms with van der Waals surface area (Å²) in [5.74, 6) is 1.35. The Morgan fingerprint density at radius 3 is 2.46 bits per heavy atom. The molecule has 1 heterocycles. The number of ether oxygens (including phenoxy) is 2. The van der Waals surface area contributed by atoms with Gasteiger partial charge in [0.25, 0.3) is 0 Å². The zero-order valence-electron chi connectivity index (χ0n) is 13.9. The van der Waals surface area contributed by atoms with Gasteiger partial charge < -0.3 is 14.6 Å². The van der Waals surface area contributed by atoms with Gasteiger partial charge in [-0.05, 0) is 29.7 Å². The van der Waals surface area contributed by atoms with Crippen molar-refractivity contribution < 1.29 is 14.6 Å². The number of β-amino-alcohol motifs (C(OH)–C–C–N with tert-alkyl or cyclic N) is 1. The second-order valence-corrected chi connectivity index (χ2v) is 5.87. The topological polar surface area (TPSA) is 41.9 Å².